The van der Waals surface area contributed by atoms with Crippen molar-refractivity contribution in [1.82, 2.24) is 4.90 Å². The Labute approximate surface area is 119 Å². The van der Waals surface area contributed by atoms with E-state index in [-0.39, 0.29) is 5.48 Å². The van der Waals surface area contributed by atoms with E-state index in [2.05, 4.69) is 49.3 Å². The lowest BCUT2D eigenvalue weighted by atomic mass is 10.0. The van der Waals surface area contributed by atoms with Gasteiger partial charge in [-0.05, 0) is 45.5 Å². The molecule has 0 unspecified atom stereocenters. The van der Waals surface area contributed by atoms with E-state index in [4.69, 9.17) is 0 Å². The summed E-state index contributed by atoms with van der Waals surface area (Å²) < 4.78 is 0. The highest BCUT2D eigenvalue weighted by Crippen LogP contribution is 2.10. The van der Waals surface area contributed by atoms with Gasteiger partial charge < -0.3 is 10.4 Å². The van der Waals surface area contributed by atoms with Gasteiger partial charge in [0.25, 0.3) is 0 Å². The lowest BCUT2D eigenvalue weighted by molar-refractivity contribution is 0.389. The molecule has 2 nitrogen and oxygen atoms in total. The molecule has 0 saturated carbocycles. The van der Waals surface area contributed by atoms with Gasteiger partial charge in [0.1, 0.15) is 0 Å². The Hall–Kier alpha value is -0.860. The molecule has 1 aromatic rings. The molecular formula is C17H31NO. The number of unbranched alkanes of at least 4 members (excludes halogenated alkanes) is 6. The lowest BCUT2D eigenvalue weighted by Crippen LogP contribution is -2.12. The Morgan fingerprint density at radius 2 is 1.26 bits per heavy atom. The average molecular weight is 265 g/mol. The van der Waals surface area contributed by atoms with Crippen LogP contribution < -0.4 is 0 Å². The monoisotopic (exact) mass is 265 g/mol. The summed E-state index contributed by atoms with van der Waals surface area (Å²) in [5, 5.41) is 0. The zero-order valence-corrected chi connectivity index (χ0v) is 12.7. The quantitative estimate of drug-likeness (QED) is 0.594. The molecule has 0 aliphatic heterocycles. The predicted octanol–water partition coefficient (Wildman–Crippen LogP) is 3.70. The third-order valence-electron chi connectivity index (χ3n) is 3.41. The number of nitrogens with zero attached hydrogens (tertiary/aromatic N) is 1. The van der Waals surface area contributed by atoms with Crippen molar-refractivity contribution < 1.29 is 5.48 Å². The molecule has 0 amide bonds. The van der Waals surface area contributed by atoms with E-state index in [9.17, 15) is 0 Å². The zero-order chi connectivity index (χ0) is 13.1. The number of hydrogen-bond acceptors (Lipinski definition) is 1. The van der Waals surface area contributed by atoms with E-state index in [0.717, 1.165) is 0 Å². The third kappa shape index (κ3) is 10.7. The lowest BCUT2D eigenvalue weighted by Gasteiger charge is -2.08. The first-order valence-electron chi connectivity index (χ1n) is 7.47. The van der Waals surface area contributed by atoms with Crippen LogP contribution in [0.5, 0.6) is 0 Å². The van der Waals surface area contributed by atoms with Crippen molar-refractivity contribution in [3.8, 4) is 0 Å². The molecule has 0 bridgehead atoms. The fraction of sp³-hybridized carbons (Fsp3) is 0.647. The van der Waals surface area contributed by atoms with Crippen molar-refractivity contribution in [2.75, 3.05) is 20.6 Å². The van der Waals surface area contributed by atoms with Crippen molar-refractivity contribution in [3.63, 3.8) is 0 Å². The second-order valence-electron chi connectivity index (χ2n) is 5.51. The first-order valence-corrected chi connectivity index (χ1v) is 7.47. The van der Waals surface area contributed by atoms with E-state index in [1.807, 2.05) is 0 Å². The minimum absolute atomic E-state index is 0. The van der Waals surface area contributed by atoms with Crippen molar-refractivity contribution in [2.45, 2.75) is 51.4 Å². The number of rotatable bonds is 10. The van der Waals surface area contributed by atoms with E-state index < -0.39 is 0 Å². The fourth-order valence-electron chi connectivity index (χ4n) is 2.29. The first kappa shape index (κ1) is 18.1. The molecule has 2 N–H and O–H groups in total. The molecule has 2 heteroatoms. The second-order valence-corrected chi connectivity index (χ2v) is 5.51. The van der Waals surface area contributed by atoms with E-state index in [0.29, 0.717) is 0 Å². The zero-order valence-electron chi connectivity index (χ0n) is 12.7. The molecule has 0 heterocycles. The Morgan fingerprint density at radius 1 is 0.737 bits per heavy atom. The SMILES string of the molecule is CN(C)CCCCCCCCCc1ccccc1.O. The molecule has 0 aromatic heterocycles. The van der Waals surface area contributed by atoms with Crippen LogP contribution in [-0.2, 0) is 6.42 Å². The Morgan fingerprint density at radius 3 is 1.84 bits per heavy atom. The molecule has 1 rings (SSSR count). The Kier molecular flexibility index (Phi) is 11.6. The van der Waals surface area contributed by atoms with Crippen molar-refractivity contribution >= 4 is 0 Å². The predicted molar refractivity (Wildman–Crippen MR) is 84.6 cm³/mol. The summed E-state index contributed by atoms with van der Waals surface area (Å²) in [5.41, 5.74) is 1.49. The van der Waals surface area contributed by atoms with Crippen LogP contribution in [0.3, 0.4) is 0 Å². The average Bonchev–Trinajstić information content (AvgIpc) is 2.37. The van der Waals surface area contributed by atoms with E-state index in [1.165, 1.54) is 63.5 Å². The molecule has 1 aromatic carbocycles. The van der Waals surface area contributed by atoms with Crippen molar-refractivity contribution in [3.05, 3.63) is 35.9 Å². The summed E-state index contributed by atoms with van der Waals surface area (Å²) in [6.07, 6.45) is 11.0. The molecule has 0 radical (unpaired) electrons. The second kappa shape index (κ2) is 12.2. The summed E-state index contributed by atoms with van der Waals surface area (Å²) in [7, 11) is 4.31. The molecule has 0 fully saturated rings. The van der Waals surface area contributed by atoms with Gasteiger partial charge in [0.15, 0.2) is 0 Å². The van der Waals surface area contributed by atoms with Gasteiger partial charge in [0.2, 0.25) is 0 Å². The normalized spacial score (nSPS) is 10.5. The summed E-state index contributed by atoms with van der Waals surface area (Å²) >= 11 is 0. The topological polar surface area (TPSA) is 34.7 Å². The van der Waals surface area contributed by atoms with Gasteiger partial charge in [-0.1, -0.05) is 62.4 Å². The van der Waals surface area contributed by atoms with E-state index >= 15 is 0 Å². The van der Waals surface area contributed by atoms with Gasteiger partial charge >= 0.3 is 0 Å². The third-order valence-corrected chi connectivity index (χ3v) is 3.41. The van der Waals surface area contributed by atoms with Crippen LogP contribution in [-0.4, -0.2) is 31.0 Å². The number of aryl methyl sites for hydroxylation is 1. The van der Waals surface area contributed by atoms with Crippen LogP contribution in [0.1, 0.15) is 50.5 Å². The maximum Gasteiger partial charge on any atom is -0.00248 e. The Balaban J connectivity index is 0.00000324. The number of hydrogen-bond donors (Lipinski definition) is 0. The Bertz CT molecular complexity index is 285. The first-order chi connectivity index (χ1) is 8.79. The van der Waals surface area contributed by atoms with Crippen LogP contribution in [0.25, 0.3) is 0 Å². The van der Waals surface area contributed by atoms with Crippen LogP contribution in [0.2, 0.25) is 0 Å². The molecule has 0 atom stereocenters. The molecule has 0 spiro atoms. The summed E-state index contributed by atoms with van der Waals surface area (Å²) in [6.45, 7) is 1.24. The van der Waals surface area contributed by atoms with Crippen LogP contribution in [0.15, 0.2) is 30.3 Å². The molecule has 0 saturated heterocycles. The molecular weight excluding hydrogens is 234 g/mol. The van der Waals surface area contributed by atoms with Crippen LogP contribution in [0, 0.1) is 0 Å². The molecule has 0 aliphatic rings. The largest absolute Gasteiger partial charge is 0.412 e. The highest BCUT2D eigenvalue weighted by molar-refractivity contribution is 5.14. The van der Waals surface area contributed by atoms with E-state index in [1.54, 1.807) is 0 Å². The minimum atomic E-state index is 0. The summed E-state index contributed by atoms with van der Waals surface area (Å²) in [4.78, 5) is 2.28. The van der Waals surface area contributed by atoms with Gasteiger partial charge in [0.05, 0.1) is 0 Å². The smallest absolute Gasteiger partial charge is 0.00248 e. The fourth-order valence-corrected chi connectivity index (χ4v) is 2.29. The standard InChI is InChI=1S/C17H29N.H2O/c1-18(2)16-12-7-5-3-4-6-9-13-17-14-10-8-11-15-17;/h8,10-11,14-15H,3-7,9,12-13,16H2,1-2H3;1H2. The maximum atomic E-state index is 2.28. The number of benzene rings is 1. The molecule has 19 heavy (non-hydrogen) atoms. The van der Waals surface area contributed by atoms with Crippen LogP contribution >= 0.6 is 0 Å². The van der Waals surface area contributed by atoms with Gasteiger partial charge in [-0.15, -0.1) is 0 Å². The molecule has 0 aliphatic carbocycles. The highest BCUT2D eigenvalue weighted by Gasteiger charge is 1.94. The van der Waals surface area contributed by atoms with Crippen LogP contribution in [0.4, 0.5) is 0 Å². The van der Waals surface area contributed by atoms with Crippen molar-refractivity contribution in [2.24, 2.45) is 0 Å². The molecule has 110 valence electrons. The highest BCUT2D eigenvalue weighted by atomic mass is 16.0. The minimum Gasteiger partial charge on any atom is -0.412 e. The summed E-state index contributed by atoms with van der Waals surface area (Å²) in [5.74, 6) is 0. The van der Waals surface area contributed by atoms with Gasteiger partial charge in [-0.2, -0.15) is 0 Å². The maximum absolute atomic E-state index is 2.28. The van der Waals surface area contributed by atoms with Gasteiger partial charge in [0, 0.05) is 0 Å². The van der Waals surface area contributed by atoms with Crippen molar-refractivity contribution in [1.29, 1.82) is 0 Å². The summed E-state index contributed by atoms with van der Waals surface area (Å²) in [6, 6.07) is 10.8. The van der Waals surface area contributed by atoms with Gasteiger partial charge in [-0.3, -0.25) is 0 Å². The van der Waals surface area contributed by atoms with Gasteiger partial charge in [-0.25, -0.2) is 0 Å².